The minimum Gasteiger partial charge on any atom is -0.0984 e. The highest BCUT2D eigenvalue weighted by Crippen LogP contribution is 2.44. The van der Waals surface area contributed by atoms with Crippen LogP contribution in [0.3, 0.4) is 0 Å². The molecule has 47 heavy (non-hydrogen) atoms. The van der Waals surface area contributed by atoms with Gasteiger partial charge in [0.05, 0.1) is 0 Å². The summed E-state index contributed by atoms with van der Waals surface area (Å²) in [7, 11) is 0. The van der Waals surface area contributed by atoms with Gasteiger partial charge in [0.15, 0.2) is 0 Å². The van der Waals surface area contributed by atoms with E-state index in [0.29, 0.717) is 0 Å². The molecule has 0 aliphatic carbocycles. The zero-order valence-corrected chi connectivity index (χ0v) is 26.7. The van der Waals surface area contributed by atoms with E-state index in [4.69, 9.17) is 0 Å². The maximum atomic E-state index is 4.30. The van der Waals surface area contributed by atoms with E-state index in [-0.39, 0.29) is 0 Å². The van der Waals surface area contributed by atoms with Crippen molar-refractivity contribution in [3.05, 3.63) is 182 Å². The second kappa shape index (κ2) is 12.8. The second-order valence-electron chi connectivity index (χ2n) is 11.7. The van der Waals surface area contributed by atoms with Crippen molar-refractivity contribution in [3.8, 4) is 44.5 Å². The third-order valence-corrected chi connectivity index (χ3v) is 9.14. The van der Waals surface area contributed by atoms with Crippen LogP contribution in [-0.2, 0) is 0 Å². The lowest BCUT2D eigenvalue weighted by Crippen LogP contribution is -1.96. The summed E-state index contributed by atoms with van der Waals surface area (Å²) in [5, 5.41) is 4.82. The largest absolute Gasteiger partial charge is 0.0984 e. The summed E-state index contributed by atoms with van der Waals surface area (Å²) in [5.74, 6) is 0. The van der Waals surface area contributed by atoms with Gasteiger partial charge < -0.3 is 0 Å². The highest BCUT2D eigenvalue weighted by molar-refractivity contribution is 6.12. The molecule has 0 N–H and O–H groups in total. The highest BCUT2D eigenvalue weighted by Gasteiger charge is 2.19. The highest BCUT2D eigenvalue weighted by atomic mass is 14.2. The Labute approximate surface area is 278 Å². The van der Waals surface area contributed by atoms with Gasteiger partial charge in [0, 0.05) is 0 Å². The van der Waals surface area contributed by atoms with Gasteiger partial charge in [-0.15, -0.1) is 0 Å². The fourth-order valence-electron chi connectivity index (χ4n) is 7.00. The molecule has 0 unspecified atom stereocenters. The van der Waals surface area contributed by atoms with Gasteiger partial charge in [0.1, 0.15) is 0 Å². The van der Waals surface area contributed by atoms with Crippen molar-refractivity contribution in [2.45, 2.75) is 6.92 Å². The Morgan fingerprint density at radius 1 is 0.404 bits per heavy atom. The predicted octanol–water partition coefficient (Wildman–Crippen LogP) is 13.6. The van der Waals surface area contributed by atoms with Gasteiger partial charge in [-0.25, -0.2) is 0 Å². The second-order valence-corrected chi connectivity index (χ2v) is 11.7. The molecule has 0 nitrogen and oxygen atoms in total. The SMILES string of the molecule is C=Cc1c(C=C)c(-c2ccc(-c3cc(/C=C\C)c(C=C)c4ccccc34)cc2)c2ccccc2c1-c1ccc(-c2ccccc2)cc1. The first-order valence-electron chi connectivity index (χ1n) is 16.1. The summed E-state index contributed by atoms with van der Waals surface area (Å²) in [6.45, 7) is 14.8. The van der Waals surface area contributed by atoms with Crippen LogP contribution in [0.15, 0.2) is 159 Å². The first-order valence-corrected chi connectivity index (χ1v) is 16.1. The van der Waals surface area contributed by atoms with Crippen LogP contribution in [-0.4, -0.2) is 0 Å². The lowest BCUT2D eigenvalue weighted by molar-refractivity contribution is 1.56. The van der Waals surface area contributed by atoms with E-state index in [0.717, 1.165) is 27.8 Å². The van der Waals surface area contributed by atoms with E-state index in [1.807, 2.05) is 18.2 Å². The molecule has 0 atom stereocenters. The van der Waals surface area contributed by atoms with Gasteiger partial charge in [-0.05, 0) is 101 Å². The number of allylic oxidation sites excluding steroid dienone is 1. The van der Waals surface area contributed by atoms with E-state index >= 15 is 0 Å². The van der Waals surface area contributed by atoms with Crippen LogP contribution in [0, 0.1) is 0 Å². The van der Waals surface area contributed by atoms with Gasteiger partial charge >= 0.3 is 0 Å². The van der Waals surface area contributed by atoms with E-state index in [1.54, 1.807) is 0 Å². The van der Waals surface area contributed by atoms with E-state index in [1.165, 1.54) is 60.5 Å². The lowest BCUT2D eigenvalue weighted by Gasteiger charge is -2.20. The Bertz CT molecular complexity index is 2310. The molecular weight excluding hydrogens is 565 g/mol. The third kappa shape index (κ3) is 5.25. The molecule has 0 saturated heterocycles. The Balaban J connectivity index is 1.39. The monoisotopic (exact) mass is 600 g/mol. The zero-order valence-electron chi connectivity index (χ0n) is 26.7. The normalized spacial score (nSPS) is 11.3. The van der Waals surface area contributed by atoms with Gasteiger partial charge in [-0.2, -0.15) is 0 Å². The fourth-order valence-corrected chi connectivity index (χ4v) is 7.00. The molecule has 0 aromatic heterocycles. The molecule has 224 valence electrons. The van der Waals surface area contributed by atoms with Crippen LogP contribution in [0.1, 0.15) is 29.2 Å². The lowest BCUT2D eigenvalue weighted by atomic mass is 9.83. The first-order chi connectivity index (χ1) is 23.2. The molecule has 0 aliphatic heterocycles. The Morgan fingerprint density at radius 2 is 0.830 bits per heavy atom. The number of hydrogen-bond donors (Lipinski definition) is 0. The molecule has 7 rings (SSSR count). The van der Waals surface area contributed by atoms with Gasteiger partial charge in [-0.1, -0.05) is 178 Å². The van der Waals surface area contributed by atoms with Gasteiger partial charge in [-0.3, -0.25) is 0 Å². The smallest absolute Gasteiger partial charge is 0.00266 e. The summed E-state index contributed by atoms with van der Waals surface area (Å²) in [5.41, 5.74) is 14.0. The van der Waals surface area contributed by atoms with Gasteiger partial charge in [0.25, 0.3) is 0 Å². The van der Waals surface area contributed by atoms with Crippen molar-refractivity contribution < 1.29 is 0 Å². The third-order valence-electron chi connectivity index (χ3n) is 9.14. The van der Waals surface area contributed by atoms with Crippen LogP contribution in [0.2, 0.25) is 0 Å². The topological polar surface area (TPSA) is 0 Å². The molecule has 0 radical (unpaired) electrons. The van der Waals surface area contributed by atoms with E-state index in [2.05, 4.69) is 172 Å². The molecule has 0 heterocycles. The van der Waals surface area contributed by atoms with Crippen molar-refractivity contribution in [1.29, 1.82) is 0 Å². The molecule has 0 saturated carbocycles. The standard InChI is InChI=1S/C47H36/c1-5-16-37-31-45(42-20-13-12-19-41(42)38(37)6-2)34-25-29-36(30-26-34)47-40(8-4)39(7-3)46(43-21-14-15-22-44(43)47)35-27-23-33(24-28-35)32-17-10-9-11-18-32/h5-31H,2-4H2,1H3/b16-5-. The minimum absolute atomic E-state index is 1.09. The molecule has 0 amide bonds. The number of hydrogen-bond acceptors (Lipinski definition) is 0. The van der Waals surface area contributed by atoms with Crippen LogP contribution in [0.5, 0.6) is 0 Å². The van der Waals surface area contributed by atoms with Crippen LogP contribution >= 0.6 is 0 Å². The Kier molecular flexibility index (Phi) is 8.09. The van der Waals surface area contributed by atoms with Crippen molar-refractivity contribution in [3.63, 3.8) is 0 Å². The minimum atomic E-state index is 1.09. The molecule has 0 fully saturated rings. The molecule has 7 aromatic rings. The van der Waals surface area contributed by atoms with E-state index < -0.39 is 0 Å². The van der Waals surface area contributed by atoms with Crippen molar-refractivity contribution in [2.24, 2.45) is 0 Å². The Hall–Kier alpha value is -5.98. The quantitative estimate of drug-likeness (QED) is 0.163. The maximum absolute atomic E-state index is 4.30. The average molecular weight is 601 g/mol. The average Bonchev–Trinajstić information content (AvgIpc) is 3.14. The summed E-state index contributed by atoms with van der Waals surface area (Å²) in [4.78, 5) is 0. The predicted molar refractivity (Wildman–Crippen MR) is 208 cm³/mol. The fraction of sp³-hybridized carbons (Fsp3) is 0.0213. The van der Waals surface area contributed by atoms with Crippen LogP contribution in [0.25, 0.3) is 90.4 Å². The summed E-state index contributed by atoms with van der Waals surface area (Å²) >= 11 is 0. The molecule has 7 aromatic carbocycles. The van der Waals surface area contributed by atoms with Gasteiger partial charge in [0.2, 0.25) is 0 Å². The molecule has 0 bridgehead atoms. The molecule has 0 aliphatic rings. The van der Waals surface area contributed by atoms with Crippen LogP contribution < -0.4 is 0 Å². The van der Waals surface area contributed by atoms with Crippen molar-refractivity contribution in [1.82, 2.24) is 0 Å². The van der Waals surface area contributed by atoms with Crippen LogP contribution in [0.4, 0.5) is 0 Å². The Morgan fingerprint density at radius 3 is 1.34 bits per heavy atom. The van der Waals surface area contributed by atoms with Crippen molar-refractivity contribution >= 4 is 45.8 Å². The van der Waals surface area contributed by atoms with E-state index in [9.17, 15) is 0 Å². The summed E-state index contributed by atoms with van der Waals surface area (Å²) < 4.78 is 0. The molecule has 0 spiro atoms. The summed E-state index contributed by atoms with van der Waals surface area (Å²) in [6, 6.07) is 47.9. The number of fused-ring (bicyclic) bond motifs is 2. The number of benzene rings is 7. The summed E-state index contributed by atoms with van der Waals surface area (Å²) in [6.07, 6.45) is 10.2. The molecular formula is C47H36. The van der Waals surface area contributed by atoms with Crippen molar-refractivity contribution in [2.75, 3.05) is 0 Å². The maximum Gasteiger partial charge on any atom is -0.00266 e. The number of rotatable bonds is 8. The molecule has 0 heteroatoms. The first kappa shape index (κ1) is 29.7. The zero-order chi connectivity index (χ0) is 32.3.